The Hall–Kier alpha value is -0.910. The van der Waals surface area contributed by atoms with Crippen molar-refractivity contribution < 1.29 is 38.4 Å². The van der Waals surface area contributed by atoms with E-state index in [9.17, 15) is 34.8 Å². The Morgan fingerprint density at radius 3 is 2.19 bits per heavy atom. The van der Waals surface area contributed by atoms with E-state index in [1.54, 1.807) is 0 Å². The van der Waals surface area contributed by atoms with E-state index in [4.69, 9.17) is 11.6 Å². The number of allylic oxidation sites excluding steroid dienone is 1. The zero-order valence-electron chi connectivity index (χ0n) is 13.4. The first-order valence-corrected chi connectivity index (χ1v) is 11.1. The quantitative estimate of drug-likeness (QED) is 0.395. The molecule has 3 nitrogen and oxygen atoms in total. The summed E-state index contributed by atoms with van der Waals surface area (Å²) in [6, 6.07) is 3.34. The van der Waals surface area contributed by atoms with Crippen molar-refractivity contribution in [2.24, 2.45) is 5.92 Å². The van der Waals surface area contributed by atoms with Gasteiger partial charge in [-0.3, -0.25) is 0 Å². The van der Waals surface area contributed by atoms with Gasteiger partial charge >= 0.3 is 21.1 Å². The van der Waals surface area contributed by atoms with Crippen LogP contribution in [0.15, 0.2) is 28.0 Å². The molecule has 1 saturated carbocycles. The number of alkyl halides is 6. The van der Waals surface area contributed by atoms with Crippen LogP contribution in [0.2, 0.25) is 5.02 Å². The molecule has 0 spiro atoms. The van der Waals surface area contributed by atoms with Crippen molar-refractivity contribution in [3.05, 3.63) is 33.7 Å². The fourth-order valence-corrected chi connectivity index (χ4v) is 8.41. The average molecular weight is 455 g/mol. The highest BCUT2D eigenvalue weighted by atomic mass is 35.5. The normalized spacial score (nSPS) is 26.6. The summed E-state index contributed by atoms with van der Waals surface area (Å²) in [6.45, 7) is 0. The first kappa shape index (κ1) is 20.8. The van der Waals surface area contributed by atoms with Crippen LogP contribution >= 0.6 is 21.9 Å². The highest BCUT2D eigenvalue weighted by molar-refractivity contribution is 8.37. The van der Waals surface area contributed by atoms with Crippen molar-refractivity contribution in [3.63, 3.8) is 0 Å². The van der Waals surface area contributed by atoms with Crippen LogP contribution in [0.1, 0.15) is 31.2 Å². The van der Waals surface area contributed by atoms with E-state index in [1.807, 2.05) is 0 Å². The Labute approximate surface area is 158 Å². The molecule has 0 amide bonds. The number of benzene rings is 1. The van der Waals surface area contributed by atoms with Crippen LogP contribution in [0, 0.1) is 5.92 Å². The fourth-order valence-electron chi connectivity index (χ4n) is 3.35. The molecule has 1 heterocycles. The van der Waals surface area contributed by atoms with Crippen LogP contribution in [0.5, 0.6) is 0 Å². The van der Waals surface area contributed by atoms with Gasteiger partial charge in [0.1, 0.15) is 0 Å². The second-order valence-electron chi connectivity index (χ2n) is 6.18. The number of rotatable bonds is 3. The van der Waals surface area contributed by atoms with Gasteiger partial charge in [0.25, 0.3) is 0 Å². The van der Waals surface area contributed by atoms with Gasteiger partial charge in [-0.05, 0) is 42.5 Å². The van der Waals surface area contributed by atoms with Crippen LogP contribution < -0.4 is 0 Å². The van der Waals surface area contributed by atoms with Gasteiger partial charge in [0.2, 0.25) is 0 Å². The van der Waals surface area contributed by atoms with Crippen molar-refractivity contribution in [2.45, 2.75) is 41.6 Å². The van der Waals surface area contributed by atoms with Gasteiger partial charge in [0, 0.05) is 25.1 Å². The molecule has 0 bridgehead atoms. The van der Waals surface area contributed by atoms with Crippen LogP contribution in [-0.2, 0) is 13.7 Å². The molecule has 1 fully saturated rings. The van der Waals surface area contributed by atoms with E-state index in [1.165, 1.54) is 12.1 Å². The first-order valence-electron chi connectivity index (χ1n) is 7.73. The molecule has 1 aromatic carbocycles. The molecule has 2 aliphatic rings. The van der Waals surface area contributed by atoms with Gasteiger partial charge in [0.15, 0.2) is 0 Å². The maximum Gasteiger partial charge on any atom is 0.523 e. The van der Waals surface area contributed by atoms with Crippen LogP contribution in [-0.4, -0.2) is 19.4 Å². The molecule has 0 radical (unpaired) electrons. The largest absolute Gasteiger partial charge is 0.523 e. The summed E-state index contributed by atoms with van der Waals surface area (Å²) in [5.74, 6) is -0.712. The Morgan fingerprint density at radius 1 is 1.07 bits per heavy atom. The highest BCUT2D eigenvalue weighted by Crippen LogP contribution is 2.80. The van der Waals surface area contributed by atoms with Crippen molar-refractivity contribution in [1.82, 2.24) is 0 Å². The molecule has 27 heavy (non-hydrogen) atoms. The van der Waals surface area contributed by atoms with Crippen molar-refractivity contribution in [3.8, 4) is 0 Å². The van der Waals surface area contributed by atoms with Crippen LogP contribution in [0.4, 0.5) is 26.3 Å². The van der Waals surface area contributed by atoms with E-state index >= 15 is 0 Å². The lowest BCUT2D eigenvalue weighted by Gasteiger charge is -2.41. The van der Waals surface area contributed by atoms with Gasteiger partial charge in [0.05, 0.1) is 0 Å². The summed E-state index contributed by atoms with van der Waals surface area (Å²) in [6.07, 6.45) is 2.93. The van der Waals surface area contributed by atoms with Gasteiger partial charge in [-0.15, -0.1) is 0 Å². The van der Waals surface area contributed by atoms with Crippen molar-refractivity contribution >= 4 is 38.1 Å². The lowest BCUT2D eigenvalue weighted by molar-refractivity contribution is -0.0547. The molecule has 1 unspecified atom stereocenters. The summed E-state index contributed by atoms with van der Waals surface area (Å²) in [7, 11) is -11.5. The molecule has 1 aliphatic heterocycles. The Balaban J connectivity index is 2.28. The maximum atomic E-state index is 14.2. The molecule has 1 atom stereocenters. The molecule has 0 aromatic heterocycles. The number of hydrogen-bond acceptors (Lipinski definition) is 3. The van der Waals surface area contributed by atoms with Crippen molar-refractivity contribution in [2.75, 3.05) is 0 Å². The molecule has 0 N–H and O–H groups in total. The monoisotopic (exact) mass is 454 g/mol. The van der Waals surface area contributed by atoms with Gasteiger partial charge < -0.3 is 0 Å². The van der Waals surface area contributed by atoms with Crippen LogP contribution in [0.3, 0.4) is 0 Å². The first-order chi connectivity index (χ1) is 12.3. The Kier molecular flexibility index (Phi) is 5.06. The number of halogens is 7. The standard InChI is InChI=1S/C15H13ClF6O3S2/c16-11-6-5-10-7-12(9-3-1-2-4-9)26(13(10)8-11,14(17,18)19)25-27(23,24)15(20,21)22/h5-9H,1-4H2. The van der Waals surface area contributed by atoms with Gasteiger partial charge in [-0.25, -0.2) is 0 Å². The maximum absolute atomic E-state index is 14.2. The van der Waals surface area contributed by atoms with E-state index in [0.29, 0.717) is 25.7 Å². The lowest BCUT2D eigenvalue weighted by atomic mass is 10.1. The van der Waals surface area contributed by atoms with Crippen LogP contribution in [0.25, 0.3) is 6.08 Å². The fraction of sp³-hybridized carbons (Fsp3) is 0.467. The Morgan fingerprint density at radius 2 is 1.67 bits per heavy atom. The predicted molar refractivity (Wildman–Crippen MR) is 89.4 cm³/mol. The summed E-state index contributed by atoms with van der Waals surface area (Å²) >= 11 is 5.76. The zero-order valence-corrected chi connectivity index (χ0v) is 15.8. The molecule has 3 rings (SSSR count). The third-order valence-electron chi connectivity index (χ3n) is 4.47. The SMILES string of the molecule is O=S(=O)(OS1(C(F)(F)F)C(C2CCCC2)=Cc2ccc(Cl)cc21)C(F)(F)F. The Bertz CT molecular complexity index is 888. The molecular weight excluding hydrogens is 442 g/mol. The second-order valence-corrected chi connectivity index (χ2v) is 11.0. The summed E-state index contributed by atoms with van der Waals surface area (Å²) in [5.41, 5.74) is -11.4. The van der Waals surface area contributed by atoms with E-state index in [0.717, 1.165) is 12.1 Å². The predicted octanol–water partition coefficient (Wildman–Crippen LogP) is 6.35. The summed E-state index contributed by atoms with van der Waals surface area (Å²) < 4.78 is 109. The third-order valence-corrected chi connectivity index (χ3v) is 9.55. The molecule has 152 valence electrons. The van der Waals surface area contributed by atoms with E-state index in [2.05, 4.69) is 3.63 Å². The third kappa shape index (κ3) is 3.36. The smallest absolute Gasteiger partial charge is 0.196 e. The minimum atomic E-state index is -6.51. The van der Waals surface area contributed by atoms with Gasteiger partial charge in [-0.1, -0.05) is 30.5 Å². The summed E-state index contributed by atoms with van der Waals surface area (Å²) in [4.78, 5) is -1.12. The lowest BCUT2D eigenvalue weighted by Crippen LogP contribution is -2.33. The van der Waals surface area contributed by atoms with Crippen molar-refractivity contribution in [1.29, 1.82) is 0 Å². The van der Waals surface area contributed by atoms with E-state index < -0.39 is 47.2 Å². The summed E-state index contributed by atoms with van der Waals surface area (Å²) in [5, 5.41) is -0.163. The van der Waals surface area contributed by atoms with Gasteiger partial charge in [-0.2, -0.15) is 38.4 Å². The molecule has 1 aromatic rings. The number of fused-ring (bicyclic) bond motifs is 1. The molecule has 12 heteroatoms. The minimum absolute atomic E-state index is 0.0361. The van der Waals surface area contributed by atoms with E-state index in [-0.39, 0.29) is 10.6 Å². The minimum Gasteiger partial charge on any atom is -0.196 e. The number of hydrogen-bond donors (Lipinski definition) is 0. The second kappa shape index (κ2) is 6.57. The topological polar surface area (TPSA) is 43.4 Å². The highest BCUT2D eigenvalue weighted by Gasteiger charge is 2.65. The molecular formula is C15H13ClF6O3S2. The molecule has 1 aliphatic carbocycles. The average Bonchev–Trinajstić information content (AvgIpc) is 3.12. The zero-order chi connectivity index (χ0) is 20.3. The molecule has 0 saturated heterocycles.